The monoisotopic (exact) mass is 777 g/mol. The Bertz CT molecular complexity index is 2160. The molecule has 0 radical (unpaired) electrons. The summed E-state index contributed by atoms with van der Waals surface area (Å²) in [6.45, 7) is 4.00. The minimum atomic E-state index is -0.490. The number of aryl methyl sites for hydroxylation is 2. The van der Waals surface area contributed by atoms with Gasteiger partial charge in [0.25, 0.3) is 0 Å². The Morgan fingerprint density at radius 1 is 0.800 bits per heavy atom. The average molecular weight is 778 g/mol. The number of fused-ring (bicyclic) bond motifs is 3. The number of nitrogens with zero attached hydrogens (tertiary/aromatic N) is 4. The second kappa shape index (κ2) is 12.2. The van der Waals surface area contributed by atoms with Gasteiger partial charge in [-0.2, -0.15) is 11.2 Å². The normalized spacial score (nSPS) is 11.0. The molecule has 3 heterocycles. The molecule has 0 atom stereocenters. The zero-order valence-electron chi connectivity index (χ0n) is 24.9. The van der Waals surface area contributed by atoms with Crippen molar-refractivity contribution < 1.29 is 39.7 Å². The molecule has 0 unspecified atom stereocenters. The summed E-state index contributed by atoms with van der Waals surface area (Å²) in [5.74, 6) is 2.19. The Hall–Kier alpha value is -4.94. The predicted molar refractivity (Wildman–Crippen MR) is 168 cm³/mol. The van der Waals surface area contributed by atoms with Crippen molar-refractivity contribution in [3.05, 3.63) is 120 Å². The van der Waals surface area contributed by atoms with Gasteiger partial charge in [0.2, 0.25) is 0 Å². The van der Waals surface area contributed by atoms with E-state index >= 15 is 0 Å². The molecule has 0 aliphatic heterocycles. The first-order chi connectivity index (χ1) is 21.4. The molecule has 7 rings (SSSR count). The molecule has 0 fully saturated rings. The molecule has 4 aromatic carbocycles. The van der Waals surface area contributed by atoms with Gasteiger partial charge in [-0.05, 0) is 66.4 Å². The van der Waals surface area contributed by atoms with Crippen molar-refractivity contribution in [1.82, 2.24) is 19.3 Å². The molecule has 7 nitrogen and oxygen atoms in total. The summed E-state index contributed by atoms with van der Waals surface area (Å²) in [6, 6.07) is 29.0. The van der Waals surface area contributed by atoms with Crippen LogP contribution in [0, 0.1) is 31.8 Å². The molecule has 226 valence electrons. The van der Waals surface area contributed by atoms with Crippen molar-refractivity contribution in [2.75, 3.05) is 14.2 Å². The Morgan fingerprint density at radius 2 is 1.58 bits per heavy atom. The summed E-state index contributed by atoms with van der Waals surface area (Å²) in [4.78, 5) is 4.62. The van der Waals surface area contributed by atoms with Crippen LogP contribution in [-0.2, 0) is 21.1 Å². The van der Waals surface area contributed by atoms with Gasteiger partial charge in [-0.1, -0.05) is 29.8 Å². The Kier molecular flexibility index (Phi) is 8.17. The van der Waals surface area contributed by atoms with Gasteiger partial charge in [0.05, 0.1) is 26.0 Å². The van der Waals surface area contributed by atoms with Crippen molar-refractivity contribution in [2.45, 2.75) is 13.8 Å². The number of hydrogen-bond donors (Lipinski definition) is 0. The summed E-state index contributed by atoms with van der Waals surface area (Å²) in [7, 11) is 3.22. The van der Waals surface area contributed by atoms with E-state index in [2.05, 4.69) is 38.9 Å². The van der Waals surface area contributed by atoms with E-state index < -0.39 is 5.82 Å². The number of para-hydroxylation sites is 1. The number of benzene rings is 4. The average Bonchev–Trinajstić information content (AvgIpc) is 3.63. The predicted octanol–water partition coefficient (Wildman–Crippen LogP) is 8.19. The van der Waals surface area contributed by atoms with Gasteiger partial charge in [0, 0.05) is 40.8 Å². The third-order valence-electron chi connectivity index (χ3n) is 7.47. The van der Waals surface area contributed by atoms with Crippen LogP contribution in [0.4, 0.5) is 4.39 Å². The molecular formula is C36H27FN4O3Pt. The maximum atomic E-state index is 14.9. The second-order valence-corrected chi connectivity index (χ2v) is 10.5. The third-order valence-corrected chi connectivity index (χ3v) is 7.47. The van der Waals surface area contributed by atoms with E-state index in [1.54, 1.807) is 32.8 Å². The first kappa shape index (κ1) is 30.1. The van der Waals surface area contributed by atoms with Crippen molar-refractivity contribution >= 4 is 21.8 Å². The van der Waals surface area contributed by atoms with Crippen molar-refractivity contribution in [3.63, 3.8) is 0 Å². The molecule has 9 heteroatoms. The molecule has 0 spiro atoms. The maximum absolute atomic E-state index is 14.9. The van der Waals surface area contributed by atoms with E-state index in [0.717, 1.165) is 49.9 Å². The molecule has 0 aliphatic carbocycles. The fourth-order valence-electron chi connectivity index (χ4n) is 5.52. The van der Waals surface area contributed by atoms with Crippen molar-refractivity contribution in [3.8, 4) is 45.6 Å². The van der Waals surface area contributed by atoms with Crippen LogP contribution in [0.5, 0.6) is 23.0 Å². The number of rotatable bonds is 7. The SMILES string of the molecule is COc1cc(C)cc(OC)c1-c1cnn(-c2[c-]c(Oc3[c-]c4c(cc3)c3ccccc3n4-c3cc(C)ccn3)cc(F)c2)c1.[Pt+2]. The molecule has 7 aromatic rings. The summed E-state index contributed by atoms with van der Waals surface area (Å²) < 4.78 is 35.9. The van der Waals surface area contributed by atoms with E-state index in [9.17, 15) is 4.39 Å². The molecule has 0 N–H and O–H groups in total. The minimum absolute atomic E-state index is 0. The van der Waals surface area contributed by atoms with Gasteiger partial charge in [0.1, 0.15) is 17.3 Å². The minimum Gasteiger partial charge on any atom is -0.509 e. The van der Waals surface area contributed by atoms with Gasteiger partial charge in [-0.3, -0.25) is 4.68 Å². The zero-order chi connectivity index (χ0) is 30.4. The number of pyridine rings is 1. The Morgan fingerprint density at radius 3 is 2.33 bits per heavy atom. The number of hydrogen-bond acceptors (Lipinski definition) is 5. The first-order valence-electron chi connectivity index (χ1n) is 14.0. The quantitative estimate of drug-likeness (QED) is 0.153. The number of halogens is 1. The van der Waals surface area contributed by atoms with Crippen molar-refractivity contribution in [2.24, 2.45) is 0 Å². The molecule has 0 aliphatic rings. The van der Waals surface area contributed by atoms with Crippen LogP contribution >= 0.6 is 0 Å². The topological polar surface area (TPSA) is 63.3 Å². The summed E-state index contributed by atoms with van der Waals surface area (Å²) in [5, 5.41) is 6.56. The van der Waals surface area contributed by atoms with E-state index in [1.807, 2.05) is 62.4 Å². The third kappa shape index (κ3) is 5.58. The van der Waals surface area contributed by atoms with Gasteiger partial charge in [-0.25, -0.2) is 9.37 Å². The van der Waals surface area contributed by atoms with Gasteiger partial charge >= 0.3 is 21.1 Å². The van der Waals surface area contributed by atoms with E-state index in [0.29, 0.717) is 22.9 Å². The van der Waals surface area contributed by atoms with Crippen LogP contribution in [-0.4, -0.2) is 33.6 Å². The molecular weight excluding hydrogens is 750 g/mol. The van der Waals surface area contributed by atoms with Gasteiger partial charge in [-0.15, -0.1) is 29.7 Å². The first-order valence-corrected chi connectivity index (χ1v) is 14.0. The van der Waals surface area contributed by atoms with E-state index in [1.165, 1.54) is 16.8 Å². The van der Waals surface area contributed by atoms with Gasteiger partial charge in [0.15, 0.2) is 0 Å². The van der Waals surface area contributed by atoms with Crippen LogP contribution in [0.2, 0.25) is 0 Å². The summed E-state index contributed by atoms with van der Waals surface area (Å²) >= 11 is 0. The Labute approximate surface area is 274 Å². The van der Waals surface area contributed by atoms with E-state index in [-0.39, 0.29) is 26.8 Å². The smallest absolute Gasteiger partial charge is 0.509 e. The molecule has 0 saturated carbocycles. The fourth-order valence-corrected chi connectivity index (χ4v) is 5.52. The zero-order valence-corrected chi connectivity index (χ0v) is 27.1. The molecule has 0 bridgehead atoms. The number of ether oxygens (including phenoxy) is 3. The molecule has 0 amide bonds. The maximum Gasteiger partial charge on any atom is 2.00 e. The van der Waals surface area contributed by atoms with Crippen LogP contribution in [0.15, 0.2) is 91.4 Å². The molecule has 0 saturated heterocycles. The number of methoxy groups -OCH3 is 2. The van der Waals surface area contributed by atoms with Crippen LogP contribution < -0.4 is 14.2 Å². The summed E-state index contributed by atoms with van der Waals surface area (Å²) in [6.07, 6.45) is 5.24. The van der Waals surface area contributed by atoms with E-state index in [4.69, 9.17) is 14.2 Å². The van der Waals surface area contributed by atoms with Gasteiger partial charge < -0.3 is 18.8 Å². The Balaban J connectivity index is 0.00000357. The standard InChI is InChI=1S/C36H27FN4O3.Pt/c1-22-11-12-38-35(15-22)41-31-8-6-5-7-29(31)30-10-9-27(19-32(30)41)44-28-17-25(37)16-26(18-28)40-21-24(20-39-40)36-33(42-3)13-23(2)14-34(36)43-4;/h5-17,20-21H,1-4H3;/q-2;+2. The summed E-state index contributed by atoms with van der Waals surface area (Å²) in [5.41, 5.74) is 5.77. The number of aromatic nitrogens is 4. The largest absolute Gasteiger partial charge is 2.00 e. The van der Waals surface area contributed by atoms with Crippen LogP contribution in [0.3, 0.4) is 0 Å². The molecule has 3 aromatic heterocycles. The molecule has 45 heavy (non-hydrogen) atoms. The van der Waals surface area contributed by atoms with Crippen molar-refractivity contribution in [1.29, 1.82) is 0 Å². The van der Waals surface area contributed by atoms with Crippen LogP contribution in [0.25, 0.3) is 44.4 Å². The van der Waals surface area contributed by atoms with Crippen LogP contribution in [0.1, 0.15) is 11.1 Å². The second-order valence-electron chi connectivity index (χ2n) is 10.5. The fraction of sp³-hybridized carbons (Fsp3) is 0.111.